The van der Waals surface area contributed by atoms with E-state index in [0.717, 1.165) is 35.7 Å². The third-order valence-electron chi connectivity index (χ3n) is 3.40. The number of nitrogens with two attached hydrogens (primary N) is 1. The molecule has 2 aromatic rings. The number of para-hydroxylation sites is 1. The molecule has 0 aliphatic heterocycles. The van der Waals surface area contributed by atoms with Gasteiger partial charge in [0.1, 0.15) is 18.2 Å². The molecule has 0 radical (unpaired) electrons. The quantitative estimate of drug-likeness (QED) is 0.879. The predicted molar refractivity (Wildman–Crippen MR) is 81.0 cm³/mol. The maximum atomic E-state index is 6.16. The molecule has 1 atom stereocenters. The van der Waals surface area contributed by atoms with E-state index in [1.165, 1.54) is 0 Å². The predicted octanol–water partition coefficient (Wildman–Crippen LogP) is 2.47. The highest BCUT2D eigenvalue weighted by molar-refractivity contribution is 5.39. The van der Waals surface area contributed by atoms with Crippen molar-refractivity contribution >= 4 is 0 Å². The fourth-order valence-electron chi connectivity index (χ4n) is 2.34. The average molecular weight is 273 g/mol. The topological polar surface area (TPSA) is 53.1 Å². The summed E-state index contributed by atoms with van der Waals surface area (Å²) in [5.74, 6) is 2.01. The zero-order chi connectivity index (χ0) is 14.5. The summed E-state index contributed by atoms with van der Waals surface area (Å²) in [5, 5.41) is 0. The van der Waals surface area contributed by atoms with Crippen molar-refractivity contribution in [2.24, 2.45) is 5.73 Å². The molecule has 1 aromatic carbocycles. The molecule has 2 N–H and O–H groups in total. The standard InChI is InChI=1S/C16H23N3O/c1-4-15-18-8-9-19(15)10-14(17)11-20-16-12(2)6-5-7-13(16)3/h5-9,14H,4,10-11,17H2,1-3H3. The lowest BCUT2D eigenvalue weighted by molar-refractivity contribution is 0.271. The first-order chi connectivity index (χ1) is 9.61. The first-order valence-corrected chi connectivity index (χ1v) is 7.06. The first-order valence-electron chi connectivity index (χ1n) is 7.06. The molecule has 4 nitrogen and oxygen atoms in total. The van der Waals surface area contributed by atoms with Gasteiger partial charge in [0.25, 0.3) is 0 Å². The molecule has 0 saturated heterocycles. The van der Waals surface area contributed by atoms with Gasteiger partial charge in [-0.1, -0.05) is 25.1 Å². The molecular weight excluding hydrogens is 250 g/mol. The summed E-state index contributed by atoms with van der Waals surface area (Å²) in [5.41, 5.74) is 8.46. The second-order valence-corrected chi connectivity index (χ2v) is 5.14. The number of benzene rings is 1. The van der Waals surface area contributed by atoms with Crippen LogP contribution in [0.5, 0.6) is 5.75 Å². The number of hydrogen-bond donors (Lipinski definition) is 1. The van der Waals surface area contributed by atoms with Crippen LogP contribution >= 0.6 is 0 Å². The third kappa shape index (κ3) is 3.39. The summed E-state index contributed by atoms with van der Waals surface area (Å²) in [7, 11) is 0. The van der Waals surface area contributed by atoms with E-state index < -0.39 is 0 Å². The molecular formula is C16H23N3O. The van der Waals surface area contributed by atoms with Gasteiger partial charge in [0.2, 0.25) is 0 Å². The summed E-state index contributed by atoms with van der Waals surface area (Å²) in [6.07, 6.45) is 4.70. The van der Waals surface area contributed by atoms with Gasteiger partial charge in [0.15, 0.2) is 0 Å². The van der Waals surface area contributed by atoms with Crippen LogP contribution in [0.25, 0.3) is 0 Å². The lowest BCUT2D eigenvalue weighted by Crippen LogP contribution is -2.33. The Hall–Kier alpha value is -1.81. The molecule has 1 heterocycles. The lowest BCUT2D eigenvalue weighted by Gasteiger charge is -2.17. The SMILES string of the molecule is CCc1nccn1CC(N)COc1c(C)cccc1C. The maximum absolute atomic E-state index is 6.16. The monoisotopic (exact) mass is 273 g/mol. The molecule has 0 saturated carbocycles. The van der Waals surface area contributed by atoms with Crippen molar-refractivity contribution in [3.8, 4) is 5.75 Å². The lowest BCUT2D eigenvalue weighted by atomic mass is 10.1. The number of nitrogens with zero attached hydrogens (tertiary/aromatic N) is 2. The van der Waals surface area contributed by atoms with Crippen LogP contribution in [-0.2, 0) is 13.0 Å². The Morgan fingerprint density at radius 2 is 2.00 bits per heavy atom. The second-order valence-electron chi connectivity index (χ2n) is 5.14. The second kappa shape index (κ2) is 6.57. The van der Waals surface area contributed by atoms with Gasteiger partial charge in [-0.3, -0.25) is 0 Å². The highest BCUT2D eigenvalue weighted by Crippen LogP contribution is 2.22. The molecule has 0 spiro atoms. The zero-order valence-corrected chi connectivity index (χ0v) is 12.5. The van der Waals surface area contributed by atoms with Crippen LogP contribution in [0.3, 0.4) is 0 Å². The van der Waals surface area contributed by atoms with Crippen LogP contribution in [0.15, 0.2) is 30.6 Å². The summed E-state index contributed by atoms with van der Waals surface area (Å²) >= 11 is 0. The van der Waals surface area contributed by atoms with E-state index in [0.29, 0.717) is 6.61 Å². The fraction of sp³-hybridized carbons (Fsp3) is 0.438. The van der Waals surface area contributed by atoms with Crippen molar-refractivity contribution in [3.63, 3.8) is 0 Å². The van der Waals surface area contributed by atoms with Gasteiger partial charge >= 0.3 is 0 Å². The van der Waals surface area contributed by atoms with Crippen LogP contribution in [0.2, 0.25) is 0 Å². The summed E-state index contributed by atoms with van der Waals surface area (Å²) in [6, 6.07) is 6.10. The number of aryl methyl sites for hydroxylation is 3. The molecule has 1 unspecified atom stereocenters. The van der Waals surface area contributed by atoms with Crippen molar-refractivity contribution in [2.45, 2.75) is 39.8 Å². The normalized spacial score (nSPS) is 12.4. The number of imidazole rings is 1. The van der Waals surface area contributed by atoms with E-state index in [-0.39, 0.29) is 6.04 Å². The van der Waals surface area contributed by atoms with E-state index in [9.17, 15) is 0 Å². The maximum Gasteiger partial charge on any atom is 0.125 e. The minimum atomic E-state index is -0.0477. The highest BCUT2D eigenvalue weighted by Gasteiger charge is 2.10. The Bertz CT molecular complexity index is 542. The molecule has 4 heteroatoms. The number of hydrogen-bond acceptors (Lipinski definition) is 3. The van der Waals surface area contributed by atoms with Crippen LogP contribution in [0, 0.1) is 13.8 Å². The smallest absolute Gasteiger partial charge is 0.125 e. The third-order valence-corrected chi connectivity index (χ3v) is 3.40. The van der Waals surface area contributed by atoms with E-state index >= 15 is 0 Å². The molecule has 0 bridgehead atoms. The van der Waals surface area contributed by atoms with Crippen LogP contribution in [-0.4, -0.2) is 22.2 Å². The summed E-state index contributed by atoms with van der Waals surface area (Å²) in [4.78, 5) is 4.30. The molecule has 1 aromatic heterocycles. The molecule has 108 valence electrons. The Kier molecular flexibility index (Phi) is 4.79. The number of ether oxygens (including phenoxy) is 1. The van der Waals surface area contributed by atoms with Gasteiger partial charge in [-0.25, -0.2) is 4.98 Å². The Balaban J connectivity index is 1.94. The van der Waals surface area contributed by atoms with Gasteiger partial charge in [-0.05, 0) is 25.0 Å². The van der Waals surface area contributed by atoms with Crippen molar-refractivity contribution < 1.29 is 4.74 Å². The largest absolute Gasteiger partial charge is 0.491 e. The minimum Gasteiger partial charge on any atom is -0.491 e. The summed E-state index contributed by atoms with van der Waals surface area (Å²) < 4.78 is 7.99. The molecule has 0 aliphatic rings. The zero-order valence-electron chi connectivity index (χ0n) is 12.5. The van der Waals surface area contributed by atoms with E-state index in [1.54, 1.807) is 0 Å². The Morgan fingerprint density at radius 1 is 1.30 bits per heavy atom. The molecule has 20 heavy (non-hydrogen) atoms. The number of aromatic nitrogens is 2. The molecule has 0 aliphatic carbocycles. The van der Waals surface area contributed by atoms with Crippen LogP contribution in [0.1, 0.15) is 23.9 Å². The van der Waals surface area contributed by atoms with Gasteiger partial charge < -0.3 is 15.0 Å². The van der Waals surface area contributed by atoms with E-state index in [1.807, 2.05) is 18.5 Å². The molecule has 2 rings (SSSR count). The van der Waals surface area contributed by atoms with Crippen molar-refractivity contribution in [2.75, 3.05) is 6.61 Å². The van der Waals surface area contributed by atoms with Crippen LogP contribution < -0.4 is 10.5 Å². The fourth-order valence-corrected chi connectivity index (χ4v) is 2.34. The van der Waals surface area contributed by atoms with Crippen molar-refractivity contribution in [1.29, 1.82) is 0 Å². The number of rotatable bonds is 6. The highest BCUT2D eigenvalue weighted by atomic mass is 16.5. The molecule has 0 amide bonds. The van der Waals surface area contributed by atoms with Crippen molar-refractivity contribution in [3.05, 3.63) is 47.5 Å². The van der Waals surface area contributed by atoms with Crippen molar-refractivity contribution in [1.82, 2.24) is 9.55 Å². The minimum absolute atomic E-state index is 0.0477. The van der Waals surface area contributed by atoms with E-state index in [4.69, 9.17) is 10.5 Å². The van der Waals surface area contributed by atoms with Gasteiger partial charge in [0, 0.05) is 25.4 Å². The first kappa shape index (κ1) is 14.6. The van der Waals surface area contributed by atoms with Gasteiger partial charge in [0.05, 0.1) is 6.04 Å². The van der Waals surface area contributed by atoms with Crippen LogP contribution in [0.4, 0.5) is 0 Å². The average Bonchev–Trinajstić information content (AvgIpc) is 2.85. The van der Waals surface area contributed by atoms with Gasteiger partial charge in [-0.2, -0.15) is 0 Å². The summed E-state index contributed by atoms with van der Waals surface area (Å²) in [6.45, 7) is 7.44. The van der Waals surface area contributed by atoms with Gasteiger partial charge in [-0.15, -0.1) is 0 Å². The molecule has 0 fully saturated rings. The Morgan fingerprint density at radius 3 is 2.65 bits per heavy atom. The van der Waals surface area contributed by atoms with E-state index in [2.05, 4.69) is 42.5 Å². The Labute approximate surface area is 120 Å².